The van der Waals surface area contributed by atoms with Crippen LogP contribution in [0.15, 0.2) is 6.20 Å². The summed E-state index contributed by atoms with van der Waals surface area (Å²) in [5.41, 5.74) is 0. The quantitative estimate of drug-likeness (QED) is 0.843. The first kappa shape index (κ1) is 12.0. The first-order valence-corrected chi connectivity index (χ1v) is 6.90. The zero-order valence-electron chi connectivity index (χ0n) is 9.78. The van der Waals surface area contributed by atoms with Gasteiger partial charge in [-0.15, -0.1) is 11.3 Å². The summed E-state index contributed by atoms with van der Waals surface area (Å²) in [5.74, 6) is 0. The number of rotatable bonds is 4. The normalized spacial score (nSPS) is 23.2. The SMILES string of the molecule is CC(O)Cc1cnc(CC2CCCCN2)s1. The number of piperidine rings is 1. The van der Waals surface area contributed by atoms with Crippen LogP contribution in [0.1, 0.15) is 36.1 Å². The van der Waals surface area contributed by atoms with Crippen LogP contribution < -0.4 is 5.32 Å². The van der Waals surface area contributed by atoms with Crippen LogP contribution in [0.2, 0.25) is 0 Å². The Morgan fingerprint density at radius 1 is 1.62 bits per heavy atom. The van der Waals surface area contributed by atoms with Gasteiger partial charge in [0.2, 0.25) is 0 Å². The first-order chi connectivity index (χ1) is 7.74. The van der Waals surface area contributed by atoms with E-state index in [-0.39, 0.29) is 6.10 Å². The molecule has 1 aliphatic heterocycles. The number of hydrogen-bond acceptors (Lipinski definition) is 4. The molecule has 16 heavy (non-hydrogen) atoms. The Morgan fingerprint density at radius 2 is 2.50 bits per heavy atom. The topological polar surface area (TPSA) is 45.2 Å². The van der Waals surface area contributed by atoms with Crippen molar-refractivity contribution in [3.05, 3.63) is 16.1 Å². The largest absolute Gasteiger partial charge is 0.393 e. The molecule has 1 saturated heterocycles. The van der Waals surface area contributed by atoms with E-state index in [4.69, 9.17) is 0 Å². The van der Waals surface area contributed by atoms with Gasteiger partial charge in [-0.1, -0.05) is 6.42 Å². The predicted molar refractivity (Wildman–Crippen MR) is 66.8 cm³/mol. The molecular formula is C12H20N2OS. The molecule has 2 unspecified atom stereocenters. The van der Waals surface area contributed by atoms with Crippen LogP contribution in [-0.2, 0) is 12.8 Å². The smallest absolute Gasteiger partial charge is 0.0943 e. The molecule has 3 nitrogen and oxygen atoms in total. The standard InChI is InChI=1S/C12H20N2OS/c1-9(15)6-11-8-14-12(16-11)7-10-4-2-3-5-13-10/h8-10,13,15H,2-7H2,1H3. The zero-order valence-corrected chi connectivity index (χ0v) is 10.6. The summed E-state index contributed by atoms with van der Waals surface area (Å²) in [5, 5.41) is 14.0. The van der Waals surface area contributed by atoms with Crippen LogP contribution >= 0.6 is 11.3 Å². The number of nitrogens with zero attached hydrogens (tertiary/aromatic N) is 1. The molecule has 0 aromatic carbocycles. The Kier molecular flexibility index (Phi) is 4.32. The lowest BCUT2D eigenvalue weighted by Crippen LogP contribution is -2.35. The van der Waals surface area contributed by atoms with E-state index in [1.165, 1.54) is 29.1 Å². The Labute approximate surface area is 101 Å². The summed E-state index contributed by atoms with van der Waals surface area (Å²) in [4.78, 5) is 5.63. The molecule has 1 aliphatic rings. The molecule has 0 saturated carbocycles. The van der Waals surface area contributed by atoms with Crippen LogP contribution in [0, 0.1) is 0 Å². The van der Waals surface area contributed by atoms with Crippen molar-refractivity contribution in [3.8, 4) is 0 Å². The molecule has 90 valence electrons. The average molecular weight is 240 g/mol. The van der Waals surface area contributed by atoms with E-state index in [0.717, 1.165) is 19.4 Å². The van der Waals surface area contributed by atoms with Gasteiger partial charge >= 0.3 is 0 Å². The Morgan fingerprint density at radius 3 is 3.19 bits per heavy atom. The van der Waals surface area contributed by atoms with Crippen LogP contribution in [0.5, 0.6) is 0 Å². The first-order valence-electron chi connectivity index (χ1n) is 6.09. The molecule has 0 amide bonds. The highest BCUT2D eigenvalue weighted by molar-refractivity contribution is 7.11. The second kappa shape index (κ2) is 5.75. The number of aromatic nitrogens is 1. The van der Waals surface area contributed by atoms with Gasteiger partial charge in [0.25, 0.3) is 0 Å². The zero-order chi connectivity index (χ0) is 11.4. The van der Waals surface area contributed by atoms with Crippen LogP contribution in [-0.4, -0.2) is 28.8 Å². The molecule has 1 aromatic heterocycles. The Hall–Kier alpha value is -0.450. The minimum atomic E-state index is -0.263. The van der Waals surface area contributed by atoms with Gasteiger partial charge in [0.05, 0.1) is 11.1 Å². The lowest BCUT2D eigenvalue weighted by atomic mass is 10.0. The minimum Gasteiger partial charge on any atom is -0.393 e. The monoisotopic (exact) mass is 240 g/mol. The Balaban J connectivity index is 1.86. The van der Waals surface area contributed by atoms with Crippen LogP contribution in [0.4, 0.5) is 0 Å². The van der Waals surface area contributed by atoms with Gasteiger partial charge in [-0.2, -0.15) is 0 Å². The van der Waals surface area contributed by atoms with Gasteiger partial charge in [-0.3, -0.25) is 0 Å². The van der Waals surface area contributed by atoms with Crippen molar-refractivity contribution in [1.82, 2.24) is 10.3 Å². The molecule has 1 fully saturated rings. The molecule has 2 N–H and O–H groups in total. The number of aliphatic hydroxyl groups is 1. The summed E-state index contributed by atoms with van der Waals surface area (Å²) in [6.45, 7) is 2.97. The van der Waals surface area contributed by atoms with E-state index >= 15 is 0 Å². The lowest BCUT2D eigenvalue weighted by molar-refractivity contribution is 0.196. The van der Waals surface area contributed by atoms with Crippen molar-refractivity contribution >= 4 is 11.3 Å². The van der Waals surface area contributed by atoms with E-state index < -0.39 is 0 Å². The fraction of sp³-hybridized carbons (Fsp3) is 0.750. The summed E-state index contributed by atoms with van der Waals surface area (Å²) >= 11 is 1.74. The second-order valence-electron chi connectivity index (χ2n) is 4.62. The van der Waals surface area contributed by atoms with Gasteiger partial charge in [0.15, 0.2) is 0 Å². The van der Waals surface area contributed by atoms with Gasteiger partial charge in [-0.25, -0.2) is 4.98 Å². The van der Waals surface area contributed by atoms with E-state index in [2.05, 4.69) is 10.3 Å². The van der Waals surface area contributed by atoms with Gasteiger partial charge in [0, 0.05) is 30.0 Å². The second-order valence-corrected chi connectivity index (χ2v) is 5.82. The van der Waals surface area contributed by atoms with E-state index in [0.29, 0.717) is 6.04 Å². The fourth-order valence-electron chi connectivity index (χ4n) is 2.14. The molecule has 2 rings (SSSR count). The number of hydrogen-bond donors (Lipinski definition) is 2. The molecular weight excluding hydrogens is 220 g/mol. The van der Waals surface area contributed by atoms with E-state index in [9.17, 15) is 5.11 Å². The summed E-state index contributed by atoms with van der Waals surface area (Å²) in [6, 6.07) is 0.610. The highest BCUT2D eigenvalue weighted by Gasteiger charge is 2.15. The summed E-state index contributed by atoms with van der Waals surface area (Å²) < 4.78 is 0. The number of aliphatic hydroxyl groups excluding tert-OH is 1. The molecule has 2 atom stereocenters. The van der Waals surface area contributed by atoms with E-state index in [1.807, 2.05) is 13.1 Å². The molecule has 1 aromatic rings. The highest BCUT2D eigenvalue weighted by atomic mass is 32.1. The number of thiazole rings is 1. The average Bonchev–Trinajstić information content (AvgIpc) is 2.66. The molecule has 0 bridgehead atoms. The molecule has 0 aliphatic carbocycles. The van der Waals surface area contributed by atoms with Gasteiger partial charge in [0.1, 0.15) is 0 Å². The summed E-state index contributed by atoms with van der Waals surface area (Å²) in [7, 11) is 0. The molecule has 0 spiro atoms. The Bertz CT molecular complexity index is 319. The lowest BCUT2D eigenvalue weighted by Gasteiger charge is -2.22. The van der Waals surface area contributed by atoms with Crippen molar-refractivity contribution in [2.75, 3.05) is 6.54 Å². The maximum Gasteiger partial charge on any atom is 0.0943 e. The highest BCUT2D eigenvalue weighted by Crippen LogP contribution is 2.19. The van der Waals surface area contributed by atoms with Crippen molar-refractivity contribution in [1.29, 1.82) is 0 Å². The third-order valence-electron chi connectivity index (χ3n) is 2.93. The van der Waals surface area contributed by atoms with Crippen molar-refractivity contribution in [2.24, 2.45) is 0 Å². The number of nitrogens with one attached hydrogen (secondary N) is 1. The molecule has 0 radical (unpaired) electrons. The van der Waals surface area contributed by atoms with Gasteiger partial charge in [-0.05, 0) is 26.3 Å². The molecule has 4 heteroatoms. The van der Waals surface area contributed by atoms with Crippen molar-refractivity contribution in [2.45, 2.75) is 51.2 Å². The maximum atomic E-state index is 9.30. The third kappa shape index (κ3) is 3.54. The summed E-state index contributed by atoms with van der Waals surface area (Å²) in [6.07, 6.45) is 7.34. The van der Waals surface area contributed by atoms with Crippen molar-refractivity contribution in [3.63, 3.8) is 0 Å². The van der Waals surface area contributed by atoms with Crippen LogP contribution in [0.25, 0.3) is 0 Å². The maximum absolute atomic E-state index is 9.30. The third-order valence-corrected chi connectivity index (χ3v) is 3.97. The van der Waals surface area contributed by atoms with Crippen LogP contribution in [0.3, 0.4) is 0 Å². The predicted octanol–water partition coefficient (Wildman–Crippen LogP) is 1.75. The fourth-order valence-corrected chi connectivity index (χ4v) is 3.26. The molecule has 2 heterocycles. The minimum absolute atomic E-state index is 0.263. The van der Waals surface area contributed by atoms with Gasteiger partial charge < -0.3 is 10.4 Å². The van der Waals surface area contributed by atoms with Crippen molar-refractivity contribution < 1.29 is 5.11 Å². The van der Waals surface area contributed by atoms with E-state index in [1.54, 1.807) is 11.3 Å².